The summed E-state index contributed by atoms with van der Waals surface area (Å²) in [6.45, 7) is 0. The molecule has 0 saturated carbocycles. The average Bonchev–Trinajstić information content (AvgIpc) is 2.65. The lowest BCUT2D eigenvalue weighted by Gasteiger charge is -2.05. The summed E-state index contributed by atoms with van der Waals surface area (Å²) < 4.78 is 2.68. The lowest BCUT2D eigenvalue weighted by molar-refractivity contribution is 1.10. The molecule has 3 rings (SSSR count). The van der Waals surface area contributed by atoms with Crippen LogP contribution < -0.4 is 0 Å². The summed E-state index contributed by atoms with van der Waals surface area (Å²) in [5, 5.41) is 0. The molecule has 0 atom stereocenters. The molecule has 18 heavy (non-hydrogen) atoms. The van der Waals surface area contributed by atoms with E-state index < -0.39 is 0 Å². The van der Waals surface area contributed by atoms with E-state index in [0.29, 0.717) is 4.77 Å². The first-order valence-corrected chi connectivity index (χ1v) is 6.04. The number of nitrogens with zero attached hydrogens (tertiary/aromatic N) is 2. The van der Waals surface area contributed by atoms with Gasteiger partial charge in [0.25, 0.3) is 0 Å². The molecule has 0 amide bonds. The predicted octanol–water partition coefficient (Wildman–Crippen LogP) is 3.62. The minimum atomic E-state index is 0.673. The number of H-pyrrole nitrogens is 1. The Bertz CT molecular complexity index is 757. The molecule has 0 aromatic carbocycles. The fraction of sp³-hybridized carbons (Fsp3) is 0. The Morgan fingerprint density at radius 2 is 1.94 bits per heavy atom. The van der Waals surface area contributed by atoms with Gasteiger partial charge in [0, 0.05) is 11.9 Å². The van der Waals surface area contributed by atoms with Crippen molar-refractivity contribution in [3.05, 3.63) is 65.8 Å². The normalized spacial score (nSPS) is 18.1. The number of nitrogens with one attached hydrogen (secondary N) is 1. The van der Waals surface area contributed by atoms with Gasteiger partial charge in [0.15, 0.2) is 4.77 Å². The number of fused-ring (bicyclic) bond motifs is 1. The van der Waals surface area contributed by atoms with E-state index in [1.165, 1.54) is 0 Å². The van der Waals surface area contributed by atoms with Crippen molar-refractivity contribution in [3.8, 4) is 0 Å². The van der Waals surface area contributed by atoms with Gasteiger partial charge in [-0.25, -0.2) is 0 Å². The van der Waals surface area contributed by atoms with E-state index in [1.807, 2.05) is 53.2 Å². The first-order valence-electron chi connectivity index (χ1n) is 5.63. The number of hydrogen-bond acceptors (Lipinski definition) is 2. The Morgan fingerprint density at radius 3 is 2.89 bits per heavy atom. The molecule has 0 unspecified atom stereocenters. The highest BCUT2D eigenvalue weighted by atomic mass is 32.1. The topological polar surface area (TPSA) is 33.6 Å². The molecular formula is C14H11N3S. The summed E-state index contributed by atoms with van der Waals surface area (Å²) in [7, 11) is 0. The first-order chi connectivity index (χ1) is 8.86. The third kappa shape index (κ3) is 1.87. The number of allylic oxidation sites excluding steroid dienone is 8. The summed E-state index contributed by atoms with van der Waals surface area (Å²) in [4.78, 5) is 7.25. The lowest BCUT2D eigenvalue weighted by atomic mass is 10.2. The zero-order chi connectivity index (χ0) is 12.4. The largest absolute Gasteiger partial charge is 0.329 e. The molecule has 1 N–H and O–H groups in total. The Balaban J connectivity index is 2.26. The molecule has 2 heterocycles. The van der Waals surface area contributed by atoms with Gasteiger partial charge >= 0.3 is 0 Å². The molecule has 3 nitrogen and oxygen atoms in total. The SMILES string of the molecule is S=c1[nH]c2cnccc2n1C1=C/C=C\C=C/C=C1. The van der Waals surface area contributed by atoms with E-state index >= 15 is 0 Å². The maximum absolute atomic E-state index is 5.37. The van der Waals surface area contributed by atoms with Gasteiger partial charge in [0.1, 0.15) is 0 Å². The summed E-state index contributed by atoms with van der Waals surface area (Å²) >= 11 is 5.37. The summed E-state index contributed by atoms with van der Waals surface area (Å²) in [5.74, 6) is 0. The summed E-state index contributed by atoms with van der Waals surface area (Å²) in [5.41, 5.74) is 3.00. The predicted molar refractivity (Wildman–Crippen MR) is 76.6 cm³/mol. The Kier molecular flexibility index (Phi) is 2.78. The van der Waals surface area contributed by atoms with E-state index in [2.05, 4.69) is 9.97 Å². The van der Waals surface area contributed by atoms with Crippen molar-refractivity contribution < 1.29 is 0 Å². The monoisotopic (exact) mass is 253 g/mol. The van der Waals surface area contributed by atoms with Crippen LogP contribution in [0.5, 0.6) is 0 Å². The van der Waals surface area contributed by atoms with Gasteiger partial charge in [-0.15, -0.1) is 0 Å². The van der Waals surface area contributed by atoms with Crippen LogP contribution >= 0.6 is 12.2 Å². The molecule has 2 aromatic heterocycles. The van der Waals surface area contributed by atoms with Crippen LogP contribution in [0.3, 0.4) is 0 Å². The van der Waals surface area contributed by atoms with Crippen LogP contribution in [0.1, 0.15) is 0 Å². The third-order valence-electron chi connectivity index (χ3n) is 2.72. The van der Waals surface area contributed by atoms with E-state index in [9.17, 15) is 0 Å². The number of aromatic amines is 1. The number of rotatable bonds is 1. The highest BCUT2D eigenvalue weighted by Gasteiger charge is 2.06. The number of hydrogen-bond donors (Lipinski definition) is 1. The lowest BCUT2D eigenvalue weighted by Crippen LogP contribution is -1.94. The van der Waals surface area contributed by atoms with Crippen LogP contribution in [-0.2, 0) is 0 Å². The maximum Gasteiger partial charge on any atom is 0.182 e. The average molecular weight is 253 g/mol. The quantitative estimate of drug-likeness (QED) is 0.787. The van der Waals surface area contributed by atoms with Crippen molar-refractivity contribution in [3.63, 3.8) is 0 Å². The molecule has 0 radical (unpaired) electrons. The van der Waals surface area contributed by atoms with Gasteiger partial charge in [-0.1, -0.05) is 30.4 Å². The van der Waals surface area contributed by atoms with E-state index in [0.717, 1.165) is 16.7 Å². The highest BCUT2D eigenvalue weighted by Crippen LogP contribution is 2.19. The van der Waals surface area contributed by atoms with Crippen LogP contribution in [0.2, 0.25) is 0 Å². The van der Waals surface area contributed by atoms with Crippen molar-refractivity contribution in [2.24, 2.45) is 0 Å². The van der Waals surface area contributed by atoms with Crippen molar-refractivity contribution in [2.75, 3.05) is 0 Å². The molecule has 0 bridgehead atoms. The summed E-state index contributed by atoms with van der Waals surface area (Å²) in [6, 6.07) is 1.95. The van der Waals surface area contributed by atoms with Crippen molar-refractivity contribution >= 4 is 28.9 Å². The smallest absolute Gasteiger partial charge is 0.182 e. The molecule has 2 aromatic rings. The second kappa shape index (κ2) is 4.58. The summed E-state index contributed by atoms with van der Waals surface area (Å²) in [6.07, 6.45) is 17.6. The molecule has 4 heteroatoms. The van der Waals surface area contributed by atoms with Gasteiger partial charge in [0.05, 0.1) is 17.2 Å². The molecule has 88 valence electrons. The van der Waals surface area contributed by atoms with Gasteiger partial charge < -0.3 is 4.98 Å². The van der Waals surface area contributed by atoms with Crippen LogP contribution in [-0.4, -0.2) is 14.5 Å². The zero-order valence-electron chi connectivity index (χ0n) is 9.58. The van der Waals surface area contributed by atoms with Gasteiger partial charge in [-0.05, 0) is 30.4 Å². The van der Waals surface area contributed by atoms with Crippen LogP contribution in [0.15, 0.2) is 61.0 Å². The van der Waals surface area contributed by atoms with Gasteiger partial charge in [-0.2, -0.15) is 0 Å². The second-order valence-electron chi connectivity index (χ2n) is 3.88. The van der Waals surface area contributed by atoms with Crippen LogP contribution in [0.25, 0.3) is 16.7 Å². The van der Waals surface area contributed by atoms with Crippen LogP contribution in [0.4, 0.5) is 0 Å². The second-order valence-corrected chi connectivity index (χ2v) is 4.27. The minimum absolute atomic E-state index is 0.673. The molecule has 1 aliphatic rings. The fourth-order valence-electron chi connectivity index (χ4n) is 1.92. The van der Waals surface area contributed by atoms with Crippen molar-refractivity contribution in [2.45, 2.75) is 0 Å². The fourth-order valence-corrected chi connectivity index (χ4v) is 2.23. The Labute approximate surface area is 109 Å². The van der Waals surface area contributed by atoms with Gasteiger partial charge in [-0.3, -0.25) is 9.55 Å². The molecule has 1 aliphatic carbocycles. The maximum atomic E-state index is 5.37. The molecule has 0 fully saturated rings. The minimum Gasteiger partial charge on any atom is -0.329 e. The molecule has 0 saturated heterocycles. The Morgan fingerprint density at radius 1 is 1.11 bits per heavy atom. The number of aromatic nitrogens is 3. The first kappa shape index (κ1) is 10.9. The van der Waals surface area contributed by atoms with Crippen LogP contribution in [0, 0.1) is 4.77 Å². The zero-order valence-corrected chi connectivity index (χ0v) is 10.4. The number of imidazole rings is 1. The third-order valence-corrected chi connectivity index (χ3v) is 3.00. The van der Waals surface area contributed by atoms with E-state index in [-0.39, 0.29) is 0 Å². The highest BCUT2D eigenvalue weighted by molar-refractivity contribution is 7.71. The van der Waals surface area contributed by atoms with Gasteiger partial charge in [0.2, 0.25) is 0 Å². The standard InChI is InChI=1S/C14H11N3S/c18-14-16-12-10-15-9-8-13(12)17(14)11-6-4-2-1-3-5-7-11/h1-10H,(H,16,18)/b2-1-,3-1?,4-2?,5-3-,6-4?,7-5?,11-6?,11-7?. The van der Waals surface area contributed by atoms with E-state index in [1.54, 1.807) is 12.4 Å². The molecule has 0 spiro atoms. The Hall–Kier alpha value is -2.20. The number of pyridine rings is 1. The van der Waals surface area contributed by atoms with Crippen molar-refractivity contribution in [1.82, 2.24) is 14.5 Å². The molecular weight excluding hydrogens is 242 g/mol. The van der Waals surface area contributed by atoms with Crippen molar-refractivity contribution in [1.29, 1.82) is 0 Å². The molecule has 0 aliphatic heterocycles. The van der Waals surface area contributed by atoms with E-state index in [4.69, 9.17) is 12.2 Å².